The van der Waals surface area contributed by atoms with E-state index in [1.54, 1.807) is 5.38 Å². The minimum atomic E-state index is 0.286. The van der Waals surface area contributed by atoms with Gasteiger partial charge in [-0.1, -0.05) is 5.92 Å². The highest BCUT2D eigenvalue weighted by Crippen LogP contribution is 2.05. The zero-order chi connectivity index (χ0) is 8.10. The van der Waals surface area contributed by atoms with Gasteiger partial charge in [0.05, 0.1) is 5.88 Å². The molecule has 0 aliphatic carbocycles. The Morgan fingerprint density at radius 1 is 1.82 bits per heavy atom. The van der Waals surface area contributed by atoms with Gasteiger partial charge in [0.1, 0.15) is 5.69 Å². The van der Waals surface area contributed by atoms with Crippen molar-refractivity contribution in [2.75, 3.05) is 5.88 Å². The van der Waals surface area contributed by atoms with Gasteiger partial charge < -0.3 is 0 Å². The zero-order valence-electron chi connectivity index (χ0n) is 5.50. The average Bonchev–Trinajstić information content (AvgIpc) is 2.48. The van der Waals surface area contributed by atoms with Gasteiger partial charge in [-0.05, 0) is 5.92 Å². The van der Waals surface area contributed by atoms with E-state index in [0.717, 1.165) is 0 Å². The summed E-state index contributed by atoms with van der Waals surface area (Å²) in [7, 11) is 0. The van der Waals surface area contributed by atoms with Gasteiger partial charge in [-0.15, -0.1) is 22.9 Å². The summed E-state index contributed by atoms with van der Waals surface area (Å²) in [4.78, 5) is 14.1. The second kappa shape index (κ2) is 4.12. The normalized spacial score (nSPS) is 8.45. The zero-order valence-corrected chi connectivity index (χ0v) is 7.08. The third-order valence-corrected chi connectivity index (χ3v) is 1.81. The molecule has 0 aliphatic heterocycles. The first-order valence-electron chi connectivity index (χ1n) is 2.82. The molecule has 0 unspecified atom stereocenters. The number of nitrogens with zero attached hydrogens (tertiary/aromatic N) is 1. The molecule has 0 aromatic carbocycles. The number of carbonyl (C=O) groups is 1. The van der Waals surface area contributed by atoms with Crippen LogP contribution in [0.15, 0.2) is 5.38 Å². The highest BCUT2D eigenvalue weighted by molar-refractivity contribution is 7.11. The van der Waals surface area contributed by atoms with E-state index in [1.807, 2.05) is 0 Å². The first-order valence-corrected chi connectivity index (χ1v) is 4.24. The Morgan fingerprint density at radius 3 is 3.18 bits per heavy atom. The van der Waals surface area contributed by atoms with Crippen LogP contribution in [0.4, 0.5) is 0 Å². The fraction of sp³-hybridized carbons (Fsp3) is 0.143. The van der Waals surface area contributed by atoms with Crippen molar-refractivity contribution in [3.63, 3.8) is 0 Å². The lowest BCUT2D eigenvalue weighted by Gasteiger charge is -1.73. The van der Waals surface area contributed by atoms with Gasteiger partial charge >= 0.3 is 0 Å². The van der Waals surface area contributed by atoms with E-state index in [9.17, 15) is 4.79 Å². The van der Waals surface area contributed by atoms with E-state index in [0.29, 0.717) is 17.0 Å². The molecular weight excluding hydrogens is 182 g/mol. The topological polar surface area (TPSA) is 30.0 Å². The van der Waals surface area contributed by atoms with E-state index in [1.165, 1.54) is 11.3 Å². The molecule has 1 heterocycles. The third-order valence-electron chi connectivity index (χ3n) is 0.906. The molecule has 56 valence electrons. The van der Waals surface area contributed by atoms with Crippen molar-refractivity contribution in [1.29, 1.82) is 0 Å². The molecule has 1 aromatic rings. The number of halogens is 1. The van der Waals surface area contributed by atoms with Gasteiger partial charge in [-0.2, -0.15) is 0 Å². The van der Waals surface area contributed by atoms with Gasteiger partial charge in [0.15, 0.2) is 11.3 Å². The Kier molecular flexibility index (Phi) is 3.09. The smallest absolute Gasteiger partial charge is 0.178 e. The Hall–Kier alpha value is -0.850. The number of hydrogen-bond acceptors (Lipinski definition) is 3. The number of aldehydes is 1. The second-order valence-electron chi connectivity index (χ2n) is 1.62. The van der Waals surface area contributed by atoms with Crippen LogP contribution in [-0.2, 0) is 0 Å². The molecule has 0 atom stereocenters. The SMILES string of the molecule is O=Cc1nc(C#CCCl)cs1. The van der Waals surface area contributed by atoms with Crippen LogP contribution in [0.25, 0.3) is 0 Å². The highest BCUT2D eigenvalue weighted by Gasteiger charge is 1.95. The Labute approximate surface area is 73.2 Å². The van der Waals surface area contributed by atoms with E-state index in [2.05, 4.69) is 16.8 Å². The molecule has 0 radical (unpaired) electrons. The van der Waals surface area contributed by atoms with Crippen LogP contribution in [0.3, 0.4) is 0 Å². The van der Waals surface area contributed by atoms with Crippen LogP contribution < -0.4 is 0 Å². The summed E-state index contributed by atoms with van der Waals surface area (Å²) in [6.45, 7) is 0. The molecule has 1 aromatic heterocycles. The van der Waals surface area contributed by atoms with Crippen LogP contribution >= 0.6 is 22.9 Å². The number of aromatic nitrogens is 1. The fourth-order valence-corrected chi connectivity index (χ4v) is 1.14. The van der Waals surface area contributed by atoms with Crippen molar-refractivity contribution in [3.8, 4) is 11.8 Å². The molecule has 0 spiro atoms. The lowest BCUT2D eigenvalue weighted by molar-refractivity contribution is 0.112. The quantitative estimate of drug-likeness (QED) is 0.378. The molecule has 0 fully saturated rings. The molecule has 0 saturated carbocycles. The summed E-state index contributed by atoms with van der Waals surface area (Å²) < 4.78 is 0. The molecule has 0 N–H and O–H groups in total. The lowest BCUT2D eigenvalue weighted by atomic mass is 10.5. The number of alkyl halides is 1. The Bertz CT molecular complexity index is 310. The van der Waals surface area contributed by atoms with Gasteiger partial charge in [-0.25, -0.2) is 4.98 Å². The Balaban J connectivity index is 2.80. The number of rotatable bonds is 1. The van der Waals surface area contributed by atoms with Crippen molar-refractivity contribution in [3.05, 3.63) is 16.1 Å². The summed E-state index contributed by atoms with van der Waals surface area (Å²) in [6.07, 6.45) is 0.705. The largest absolute Gasteiger partial charge is 0.295 e. The maximum atomic E-state index is 10.2. The van der Waals surface area contributed by atoms with Crippen molar-refractivity contribution in [1.82, 2.24) is 4.98 Å². The van der Waals surface area contributed by atoms with E-state index in [-0.39, 0.29) is 5.88 Å². The number of thiazole rings is 1. The van der Waals surface area contributed by atoms with Crippen LogP contribution in [0.2, 0.25) is 0 Å². The molecule has 4 heteroatoms. The van der Waals surface area contributed by atoms with Crippen LogP contribution in [-0.4, -0.2) is 17.2 Å². The Morgan fingerprint density at radius 2 is 2.64 bits per heavy atom. The highest BCUT2D eigenvalue weighted by atomic mass is 35.5. The summed E-state index contributed by atoms with van der Waals surface area (Å²) in [6, 6.07) is 0. The van der Waals surface area contributed by atoms with Crippen molar-refractivity contribution < 1.29 is 4.79 Å². The molecule has 1 rings (SSSR count). The van der Waals surface area contributed by atoms with Crippen molar-refractivity contribution >= 4 is 29.2 Å². The number of carbonyl (C=O) groups excluding carboxylic acids is 1. The maximum absolute atomic E-state index is 10.2. The molecule has 0 saturated heterocycles. The van der Waals surface area contributed by atoms with E-state index in [4.69, 9.17) is 11.6 Å². The minimum absolute atomic E-state index is 0.286. The molecule has 0 aliphatic rings. The van der Waals surface area contributed by atoms with Crippen molar-refractivity contribution in [2.45, 2.75) is 0 Å². The van der Waals surface area contributed by atoms with Gasteiger partial charge in [-0.3, -0.25) is 4.79 Å². The minimum Gasteiger partial charge on any atom is -0.295 e. The second-order valence-corrected chi connectivity index (χ2v) is 2.78. The first kappa shape index (κ1) is 8.25. The molecule has 0 bridgehead atoms. The summed E-state index contributed by atoms with van der Waals surface area (Å²) in [5.74, 6) is 5.64. The molecule has 11 heavy (non-hydrogen) atoms. The predicted octanol–water partition coefficient (Wildman–Crippen LogP) is 1.55. The molecular formula is C7H4ClNOS. The van der Waals surface area contributed by atoms with Crippen molar-refractivity contribution in [2.24, 2.45) is 0 Å². The summed E-state index contributed by atoms with van der Waals surface area (Å²) in [5.41, 5.74) is 0.609. The summed E-state index contributed by atoms with van der Waals surface area (Å²) >= 11 is 6.60. The predicted molar refractivity (Wildman–Crippen MR) is 45.1 cm³/mol. The fourth-order valence-electron chi connectivity index (χ4n) is 0.523. The standard InChI is InChI=1S/C7H4ClNOS/c8-3-1-2-6-5-11-7(4-10)9-6/h4-5H,3H2. The summed E-state index contributed by atoms with van der Waals surface area (Å²) in [5, 5.41) is 2.17. The monoisotopic (exact) mass is 185 g/mol. The molecule has 0 amide bonds. The third kappa shape index (κ3) is 2.34. The lowest BCUT2D eigenvalue weighted by Crippen LogP contribution is -1.77. The van der Waals surface area contributed by atoms with E-state index >= 15 is 0 Å². The van der Waals surface area contributed by atoms with Gasteiger partial charge in [0.25, 0.3) is 0 Å². The molecule has 2 nitrogen and oxygen atoms in total. The maximum Gasteiger partial charge on any atom is 0.178 e. The van der Waals surface area contributed by atoms with Gasteiger partial charge in [0.2, 0.25) is 0 Å². The average molecular weight is 186 g/mol. The number of hydrogen-bond donors (Lipinski definition) is 0. The van der Waals surface area contributed by atoms with Crippen LogP contribution in [0.5, 0.6) is 0 Å². The van der Waals surface area contributed by atoms with E-state index < -0.39 is 0 Å². The van der Waals surface area contributed by atoms with Gasteiger partial charge in [0, 0.05) is 5.38 Å². The first-order chi connectivity index (χ1) is 5.36. The van der Waals surface area contributed by atoms with Crippen LogP contribution in [0, 0.1) is 11.8 Å². The van der Waals surface area contributed by atoms with Crippen LogP contribution in [0.1, 0.15) is 15.5 Å².